The molecule has 1 atom stereocenters. The van der Waals surface area contributed by atoms with Crippen molar-refractivity contribution in [2.45, 2.75) is 13.0 Å². The molecule has 174 valence electrons. The minimum absolute atomic E-state index is 0.00633. The standard InChI is InChI=1S/C25H20BrClFN3O3/c26-18-6-8-19(9-7-18)31-14-17(12-24(31)32)25(33)30-29-13-16-4-10-20(11-5-16)34-15-21-22(27)2-1-3-23(21)28/h1-11,13,17H,12,14-15H2,(H,30,33)/b29-13-/t17-/m1/s1. The van der Waals surface area contributed by atoms with E-state index in [1.165, 1.54) is 18.3 Å². The Morgan fingerprint density at radius 1 is 1.18 bits per heavy atom. The fraction of sp³-hybridized carbons (Fsp3) is 0.160. The molecule has 4 rings (SSSR count). The number of nitrogens with zero attached hydrogens (tertiary/aromatic N) is 2. The molecule has 0 aliphatic carbocycles. The van der Waals surface area contributed by atoms with E-state index in [0.29, 0.717) is 22.9 Å². The van der Waals surface area contributed by atoms with Gasteiger partial charge in [-0.15, -0.1) is 0 Å². The highest BCUT2D eigenvalue weighted by atomic mass is 79.9. The molecule has 0 unspecified atom stereocenters. The van der Waals surface area contributed by atoms with E-state index < -0.39 is 11.7 Å². The molecule has 2 amide bonds. The Bertz CT molecular complexity index is 1200. The number of anilines is 1. The Morgan fingerprint density at radius 2 is 1.91 bits per heavy atom. The van der Waals surface area contributed by atoms with Crippen molar-refractivity contribution in [1.29, 1.82) is 0 Å². The summed E-state index contributed by atoms with van der Waals surface area (Å²) in [7, 11) is 0. The maximum Gasteiger partial charge on any atom is 0.245 e. The molecule has 3 aromatic carbocycles. The number of ether oxygens (including phenoxy) is 1. The van der Waals surface area contributed by atoms with Crippen LogP contribution in [0.4, 0.5) is 10.1 Å². The lowest BCUT2D eigenvalue weighted by Gasteiger charge is -2.16. The summed E-state index contributed by atoms with van der Waals surface area (Å²) >= 11 is 9.38. The van der Waals surface area contributed by atoms with Crippen LogP contribution in [0.15, 0.2) is 76.3 Å². The van der Waals surface area contributed by atoms with Crippen molar-refractivity contribution < 1.29 is 18.7 Å². The minimum atomic E-state index is -0.478. The van der Waals surface area contributed by atoms with Crippen LogP contribution in [-0.4, -0.2) is 24.6 Å². The smallest absolute Gasteiger partial charge is 0.245 e. The van der Waals surface area contributed by atoms with Gasteiger partial charge in [0.15, 0.2) is 0 Å². The zero-order valence-corrected chi connectivity index (χ0v) is 20.2. The third-order valence-electron chi connectivity index (χ3n) is 5.35. The van der Waals surface area contributed by atoms with Crippen LogP contribution in [0, 0.1) is 11.7 Å². The number of carbonyl (C=O) groups is 2. The second kappa shape index (κ2) is 10.8. The molecule has 1 heterocycles. The van der Waals surface area contributed by atoms with Gasteiger partial charge in [0.25, 0.3) is 0 Å². The van der Waals surface area contributed by atoms with Crippen LogP contribution in [-0.2, 0) is 16.2 Å². The van der Waals surface area contributed by atoms with Gasteiger partial charge in [-0.1, -0.05) is 33.6 Å². The monoisotopic (exact) mass is 543 g/mol. The maximum atomic E-state index is 13.8. The minimum Gasteiger partial charge on any atom is -0.489 e. The van der Waals surface area contributed by atoms with Gasteiger partial charge < -0.3 is 9.64 Å². The van der Waals surface area contributed by atoms with Gasteiger partial charge in [0.2, 0.25) is 11.8 Å². The third kappa shape index (κ3) is 5.81. The van der Waals surface area contributed by atoms with Gasteiger partial charge in [0.1, 0.15) is 18.2 Å². The molecule has 0 saturated carbocycles. The van der Waals surface area contributed by atoms with Gasteiger partial charge in [-0.2, -0.15) is 5.10 Å². The van der Waals surface area contributed by atoms with Crippen molar-refractivity contribution >= 4 is 51.2 Å². The average Bonchev–Trinajstić information content (AvgIpc) is 3.22. The topological polar surface area (TPSA) is 71.0 Å². The summed E-state index contributed by atoms with van der Waals surface area (Å²) in [6.45, 7) is 0.312. The lowest BCUT2D eigenvalue weighted by molar-refractivity contribution is -0.126. The number of halogens is 3. The quantitative estimate of drug-likeness (QED) is 0.323. The highest BCUT2D eigenvalue weighted by Crippen LogP contribution is 2.26. The number of hydrazone groups is 1. The molecule has 0 radical (unpaired) electrons. The predicted octanol–water partition coefficient (Wildman–Crippen LogP) is 5.32. The van der Waals surface area contributed by atoms with Crippen molar-refractivity contribution in [3.63, 3.8) is 0 Å². The van der Waals surface area contributed by atoms with E-state index in [4.69, 9.17) is 16.3 Å². The number of amides is 2. The molecule has 0 spiro atoms. The Hall–Kier alpha value is -3.23. The number of benzene rings is 3. The second-order valence-electron chi connectivity index (χ2n) is 7.67. The van der Waals surface area contributed by atoms with Crippen LogP contribution < -0.4 is 15.1 Å². The Balaban J connectivity index is 1.28. The number of hydrogen-bond donors (Lipinski definition) is 1. The van der Waals surface area contributed by atoms with E-state index in [9.17, 15) is 14.0 Å². The van der Waals surface area contributed by atoms with Gasteiger partial charge in [-0.05, 0) is 66.2 Å². The predicted molar refractivity (Wildman–Crippen MR) is 133 cm³/mol. The average molecular weight is 545 g/mol. The Labute approximate surface area is 209 Å². The molecule has 0 bridgehead atoms. The van der Waals surface area contributed by atoms with E-state index in [0.717, 1.165) is 15.7 Å². The van der Waals surface area contributed by atoms with Crippen molar-refractivity contribution in [2.75, 3.05) is 11.4 Å². The molecule has 1 fully saturated rings. The van der Waals surface area contributed by atoms with E-state index in [1.54, 1.807) is 35.2 Å². The van der Waals surface area contributed by atoms with Crippen molar-refractivity contribution in [1.82, 2.24) is 5.43 Å². The van der Waals surface area contributed by atoms with Crippen LogP contribution in [0.2, 0.25) is 5.02 Å². The van der Waals surface area contributed by atoms with E-state index >= 15 is 0 Å². The second-order valence-corrected chi connectivity index (χ2v) is 9.00. The summed E-state index contributed by atoms with van der Waals surface area (Å²) in [5, 5.41) is 4.31. The summed E-state index contributed by atoms with van der Waals surface area (Å²) < 4.78 is 20.4. The lowest BCUT2D eigenvalue weighted by atomic mass is 10.1. The fourth-order valence-electron chi connectivity index (χ4n) is 3.49. The SMILES string of the molecule is O=C(N/N=C\c1ccc(OCc2c(F)cccc2Cl)cc1)[C@@H]1CC(=O)N(c2ccc(Br)cc2)C1. The highest BCUT2D eigenvalue weighted by molar-refractivity contribution is 9.10. The summed E-state index contributed by atoms with van der Waals surface area (Å²) in [6, 6.07) is 18.8. The first-order valence-corrected chi connectivity index (χ1v) is 11.6. The molecule has 1 saturated heterocycles. The van der Waals surface area contributed by atoms with E-state index in [-0.39, 0.29) is 24.8 Å². The molecule has 6 nitrogen and oxygen atoms in total. The largest absolute Gasteiger partial charge is 0.489 e. The third-order valence-corrected chi connectivity index (χ3v) is 6.23. The summed E-state index contributed by atoms with van der Waals surface area (Å²) in [5.41, 5.74) is 4.29. The van der Waals surface area contributed by atoms with Crippen LogP contribution in [0.25, 0.3) is 0 Å². The first-order valence-electron chi connectivity index (χ1n) is 10.5. The van der Waals surface area contributed by atoms with Gasteiger partial charge >= 0.3 is 0 Å². The molecule has 1 aliphatic rings. The fourth-order valence-corrected chi connectivity index (χ4v) is 3.97. The molecule has 1 aliphatic heterocycles. The number of hydrogen-bond acceptors (Lipinski definition) is 4. The number of rotatable bonds is 7. The molecular weight excluding hydrogens is 525 g/mol. The summed E-state index contributed by atoms with van der Waals surface area (Å²) in [5.74, 6) is -0.771. The van der Waals surface area contributed by atoms with E-state index in [1.807, 2.05) is 24.3 Å². The summed E-state index contributed by atoms with van der Waals surface area (Å²) in [4.78, 5) is 26.4. The van der Waals surface area contributed by atoms with E-state index in [2.05, 4.69) is 26.5 Å². The number of carbonyl (C=O) groups excluding carboxylic acids is 2. The molecule has 9 heteroatoms. The Kier molecular flexibility index (Phi) is 7.59. The highest BCUT2D eigenvalue weighted by Gasteiger charge is 2.35. The first-order chi connectivity index (χ1) is 16.4. The zero-order chi connectivity index (χ0) is 24.1. The molecule has 34 heavy (non-hydrogen) atoms. The molecule has 0 aromatic heterocycles. The summed E-state index contributed by atoms with van der Waals surface area (Å²) in [6.07, 6.45) is 1.63. The Morgan fingerprint density at radius 3 is 2.62 bits per heavy atom. The maximum absolute atomic E-state index is 13.8. The van der Waals surface area contributed by atoms with Gasteiger partial charge in [-0.3, -0.25) is 9.59 Å². The normalized spacial score (nSPS) is 15.7. The van der Waals surface area contributed by atoms with Crippen molar-refractivity contribution in [3.8, 4) is 5.75 Å². The molecule has 1 N–H and O–H groups in total. The van der Waals surface area contributed by atoms with Gasteiger partial charge in [0.05, 0.1) is 17.2 Å². The van der Waals surface area contributed by atoms with Gasteiger partial charge in [-0.25, -0.2) is 9.82 Å². The van der Waals surface area contributed by atoms with Crippen LogP contribution in [0.1, 0.15) is 17.5 Å². The number of nitrogens with one attached hydrogen (secondary N) is 1. The molecular formula is C25H20BrClFN3O3. The van der Waals surface area contributed by atoms with Crippen LogP contribution in [0.5, 0.6) is 5.75 Å². The molecule has 3 aromatic rings. The van der Waals surface area contributed by atoms with Crippen LogP contribution >= 0.6 is 27.5 Å². The van der Waals surface area contributed by atoms with Gasteiger partial charge in [0, 0.05) is 28.7 Å². The lowest BCUT2D eigenvalue weighted by Crippen LogP contribution is -2.30. The van der Waals surface area contributed by atoms with Crippen LogP contribution in [0.3, 0.4) is 0 Å². The van der Waals surface area contributed by atoms with Crippen molar-refractivity contribution in [3.05, 3.63) is 93.2 Å². The zero-order valence-electron chi connectivity index (χ0n) is 17.9. The first kappa shape index (κ1) is 23.9. The van der Waals surface area contributed by atoms with Crippen molar-refractivity contribution in [2.24, 2.45) is 11.0 Å².